The number of amides is 1. The average molecular weight is 458 g/mol. The van der Waals surface area contributed by atoms with Gasteiger partial charge in [0.2, 0.25) is 11.9 Å². The van der Waals surface area contributed by atoms with E-state index >= 15 is 0 Å². The summed E-state index contributed by atoms with van der Waals surface area (Å²) in [6.45, 7) is 6.69. The van der Waals surface area contributed by atoms with Crippen LogP contribution in [0.15, 0.2) is 52.6 Å². The van der Waals surface area contributed by atoms with E-state index in [2.05, 4.69) is 34.8 Å². The smallest absolute Gasteiger partial charge is 0.263 e. The molecule has 0 unspecified atom stereocenters. The summed E-state index contributed by atoms with van der Waals surface area (Å²) in [7, 11) is -3.61. The van der Waals surface area contributed by atoms with Gasteiger partial charge in [0.25, 0.3) is 10.0 Å². The first-order valence-electron chi connectivity index (χ1n) is 10.7. The van der Waals surface area contributed by atoms with Gasteiger partial charge in [0.15, 0.2) is 0 Å². The number of hydrogen-bond acceptors (Lipinski definition) is 8. The average Bonchev–Trinajstić information content (AvgIpc) is 3.07. The molecule has 2 aliphatic heterocycles. The highest BCUT2D eigenvalue weighted by molar-refractivity contribution is 7.90. The number of amidine groups is 1. The van der Waals surface area contributed by atoms with Gasteiger partial charge in [0.05, 0.1) is 4.90 Å². The van der Waals surface area contributed by atoms with E-state index in [1.165, 1.54) is 6.07 Å². The summed E-state index contributed by atoms with van der Waals surface area (Å²) in [6.07, 6.45) is 4.33. The summed E-state index contributed by atoms with van der Waals surface area (Å²) >= 11 is 0. The third-order valence-corrected chi connectivity index (χ3v) is 6.92. The molecular weight excluding hydrogens is 430 g/mol. The number of fused-ring (bicyclic) bond motifs is 1. The van der Waals surface area contributed by atoms with Gasteiger partial charge in [0.1, 0.15) is 11.9 Å². The summed E-state index contributed by atoms with van der Waals surface area (Å²) in [4.78, 5) is 30.0. The lowest BCUT2D eigenvalue weighted by molar-refractivity contribution is -0.121. The molecule has 4 rings (SSSR count). The molecule has 2 aliphatic rings. The Hall–Kier alpha value is -3.05. The number of carbonyl (C=O) groups is 1. The summed E-state index contributed by atoms with van der Waals surface area (Å²) in [5.41, 5.74) is 0.493. The summed E-state index contributed by atoms with van der Waals surface area (Å²) in [5, 5.41) is 2.89. The Morgan fingerprint density at radius 3 is 2.62 bits per heavy atom. The van der Waals surface area contributed by atoms with Gasteiger partial charge in [0, 0.05) is 50.7 Å². The molecule has 3 heterocycles. The predicted octanol–water partition coefficient (Wildman–Crippen LogP) is 0.232. The number of hydrogen-bond donors (Lipinski definition) is 2. The summed E-state index contributed by atoms with van der Waals surface area (Å²) < 4.78 is 26.8. The van der Waals surface area contributed by atoms with Crippen LogP contribution in [0.5, 0.6) is 0 Å². The molecule has 0 radical (unpaired) electrons. The first kappa shape index (κ1) is 22.2. The number of carbonyl (C=O) groups excluding carboxylic acids is 1. The standard InChI is InChI=1S/C21H27N7O3S/c1-16(25-19-17-6-2-3-7-18(17)32(30,31)26-19)20(29)22-10-5-11-27-12-14-28(15-13-27)21-23-8-4-9-24-21/h2-4,6-9,16H,5,10-15H2,1H3,(H,22,29)(H,25,26)/t16-/m0/s1. The first-order valence-corrected chi connectivity index (χ1v) is 12.1. The third kappa shape index (κ3) is 5.05. The normalized spacial score (nSPS) is 19.9. The lowest BCUT2D eigenvalue weighted by Crippen LogP contribution is -2.47. The molecule has 1 fully saturated rings. The zero-order valence-corrected chi connectivity index (χ0v) is 18.8. The number of aliphatic imine (C=N–C) groups is 1. The number of nitrogens with zero attached hydrogens (tertiary/aromatic N) is 5. The third-order valence-electron chi connectivity index (χ3n) is 5.52. The zero-order valence-electron chi connectivity index (χ0n) is 17.9. The predicted molar refractivity (Wildman–Crippen MR) is 121 cm³/mol. The second-order valence-electron chi connectivity index (χ2n) is 7.78. The Bertz CT molecular complexity index is 1080. The van der Waals surface area contributed by atoms with E-state index in [0.717, 1.165) is 45.1 Å². The fourth-order valence-corrected chi connectivity index (χ4v) is 5.01. The SMILES string of the molecule is C[C@H](N=C1NS(=O)(=O)c2ccccc21)C(=O)NCCCN1CCN(c2ncccn2)CC1. The maximum atomic E-state index is 12.4. The number of piperazine rings is 1. The number of benzene rings is 1. The van der Waals surface area contributed by atoms with Crippen molar-refractivity contribution in [2.24, 2.45) is 4.99 Å². The van der Waals surface area contributed by atoms with Crippen LogP contribution in [0.4, 0.5) is 5.95 Å². The molecule has 1 amide bonds. The van der Waals surface area contributed by atoms with Crippen LogP contribution in [0.3, 0.4) is 0 Å². The molecule has 10 nitrogen and oxygen atoms in total. The Morgan fingerprint density at radius 2 is 1.88 bits per heavy atom. The second-order valence-corrected chi connectivity index (χ2v) is 9.43. The number of anilines is 1. The van der Waals surface area contributed by atoms with Crippen LogP contribution >= 0.6 is 0 Å². The van der Waals surface area contributed by atoms with Crippen LogP contribution in [0.2, 0.25) is 0 Å². The van der Waals surface area contributed by atoms with E-state index in [4.69, 9.17) is 0 Å². The maximum Gasteiger partial charge on any atom is 0.263 e. The van der Waals surface area contributed by atoms with Crippen molar-refractivity contribution in [1.29, 1.82) is 0 Å². The highest BCUT2D eigenvalue weighted by Crippen LogP contribution is 2.22. The molecule has 170 valence electrons. The number of rotatable bonds is 7. The number of aromatic nitrogens is 2. The van der Waals surface area contributed by atoms with E-state index in [9.17, 15) is 13.2 Å². The van der Waals surface area contributed by atoms with Crippen molar-refractivity contribution in [2.45, 2.75) is 24.3 Å². The molecule has 2 aromatic rings. The van der Waals surface area contributed by atoms with Gasteiger partial charge < -0.3 is 10.2 Å². The Balaban J connectivity index is 1.20. The van der Waals surface area contributed by atoms with E-state index in [1.807, 2.05) is 6.07 Å². The number of nitrogens with one attached hydrogen (secondary N) is 2. The molecule has 0 aliphatic carbocycles. The molecular formula is C21H27N7O3S. The van der Waals surface area contributed by atoms with Crippen LogP contribution in [-0.2, 0) is 14.8 Å². The van der Waals surface area contributed by atoms with Crippen molar-refractivity contribution < 1.29 is 13.2 Å². The van der Waals surface area contributed by atoms with Gasteiger partial charge in [-0.25, -0.2) is 18.4 Å². The topological polar surface area (TPSA) is 120 Å². The summed E-state index contributed by atoms with van der Waals surface area (Å²) in [5.74, 6) is 0.748. The molecule has 0 saturated carbocycles. The van der Waals surface area contributed by atoms with Crippen molar-refractivity contribution >= 4 is 27.7 Å². The highest BCUT2D eigenvalue weighted by Gasteiger charge is 2.31. The van der Waals surface area contributed by atoms with Crippen molar-refractivity contribution in [2.75, 3.05) is 44.2 Å². The molecule has 1 aromatic heterocycles. The molecule has 0 spiro atoms. The maximum absolute atomic E-state index is 12.4. The first-order chi connectivity index (χ1) is 15.4. The Labute approximate surface area is 187 Å². The lowest BCUT2D eigenvalue weighted by atomic mass is 10.2. The molecule has 32 heavy (non-hydrogen) atoms. The molecule has 2 N–H and O–H groups in total. The largest absolute Gasteiger partial charge is 0.354 e. The Kier molecular flexibility index (Phi) is 6.66. The molecule has 0 bridgehead atoms. The highest BCUT2D eigenvalue weighted by atomic mass is 32.2. The molecule has 1 atom stereocenters. The van der Waals surface area contributed by atoms with E-state index in [1.54, 1.807) is 37.5 Å². The van der Waals surface area contributed by atoms with E-state index < -0.39 is 16.1 Å². The van der Waals surface area contributed by atoms with Crippen LogP contribution in [0, 0.1) is 0 Å². The van der Waals surface area contributed by atoms with Crippen molar-refractivity contribution in [3.05, 3.63) is 48.3 Å². The minimum atomic E-state index is -3.61. The van der Waals surface area contributed by atoms with Crippen molar-refractivity contribution in [3.8, 4) is 0 Å². The van der Waals surface area contributed by atoms with Gasteiger partial charge in [-0.1, -0.05) is 12.1 Å². The quantitative estimate of drug-likeness (QED) is 0.571. The van der Waals surface area contributed by atoms with Gasteiger partial charge in [-0.3, -0.25) is 19.4 Å². The number of sulfonamides is 1. The second kappa shape index (κ2) is 9.61. The van der Waals surface area contributed by atoms with Crippen LogP contribution in [0.25, 0.3) is 0 Å². The van der Waals surface area contributed by atoms with Crippen LogP contribution < -0.4 is 14.9 Å². The molecule has 1 saturated heterocycles. The van der Waals surface area contributed by atoms with Crippen LogP contribution in [-0.4, -0.2) is 80.3 Å². The van der Waals surface area contributed by atoms with Gasteiger partial charge in [-0.2, -0.15) is 0 Å². The van der Waals surface area contributed by atoms with E-state index in [-0.39, 0.29) is 16.6 Å². The monoisotopic (exact) mass is 457 g/mol. The van der Waals surface area contributed by atoms with Crippen molar-refractivity contribution in [1.82, 2.24) is 24.9 Å². The van der Waals surface area contributed by atoms with E-state index in [0.29, 0.717) is 12.1 Å². The van der Waals surface area contributed by atoms with Crippen LogP contribution in [0.1, 0.15) is 18.9 Å². The van der Waals surface area contributed by atoms with Crippen molar-refractivity contribution in [3.63, 3.8) is 0 Å². The van der Waals surface area contributed by atoms with Gasteiger partial charge in [-0.15, -0.1) is 0 Å². The molecule has 1 aromatic carbocycles. The molecule has 11 heteroatoms. The zero-order chi connectivity index (χ0) is 22.6. The van der Waals surface area contributed by atoms with Gasteiger partial charge in [-0.05, 0) is 38.1 Å². The fraction of sp³-hybridized carbons (Fsp3) is 0.429. The lowest BCUT2D eigenvalue weighted by Gasteiger charge is -2.34. The fourth-order valence-electron chi connectivity index (χ4n) is 3.77. The summed E-state index contributed by atoms with van der Waals surface area (Å²) in [6, 6.07) is 7.72. The Morgan fingerprint density at radius 1 is 1.16 bits per heavy atom. The minimum absolute atomic E-state index is 0.185. The minimum Gasteiger partial charge on any atom is -0.354 e. The van der Waals surface area contributed by atoms with Gasteiger partial charge >= 0.3 is 0 Å².